The van der Waals surface area contributed by atoms with Crippen LogP contribution in [0.1, 0.15) is 25.3 Å². The number of hydrogen-bond donors (Lipinski definition) is 1. The van der Waals surface area contributed by atoms with E-state index in [1.807, 2.05) is 6.07 Å². The Bertz CT molecular complexity index is 314. The average Bonchev–Trinajstić information content (AvgIpc) is 2.20. The summed E-state index contributed by atoms with van der Waals surface area (Å²) < 4.78 is 0. The highest BCUT2D eigenvalue weighted by Gasteiger charge is 2.05. The second-order valence-electron chi connectivity index (χ2n) is 3.86. The highest BCUT2D eigenvalue weighted by molar-refractivity contribution is 6.30. The molecule has 2 nitrogen and oxygen atoms in total. The molecule has 0 spiro atoms. The zero-order valence-corrected chi connectivity index (χ0v) is 10.1. The van der Waals surface area contributed by atoms with E-state index in [1.54, 1.807) is 12.1 Å². The third kappa shape index (κ3) is 4.10. The molecule has 0 unspecified atom stereocenters. The van der Waals surface area contributed by atoms with Crippen LogP contribution in [0, 0.1) is 0 Å². The molecule has 0 amide bonds. The summed E-state index contributed by atoms with van der Waals surface area (Å²) in [4.78, 5) is 2.19. The van der Waals surface area contributed by atoms with E-state index in [0.29, 0.717) is 10.8 Å². The SMILES string of the molecule is CCCCN(C)Cc1cc(Cl)ccc1O. The van der Waals surface area contributed by atoms with Gasteiger partial charge in [0.2, 0.25) is 0 Å². The van der Waals surface area contributed by atoms with Crippen LogP contribution >= 0.6 is 11.6 Å². The summed E-state index contributed by atoms with van der Waals surface area (Å²) in [6.07, 6.45) is 2.36. The number of hydrogen-bond acceptors (Lipinski definition) is 2. The van der Waals surface area contributed by atoms with Crippen LogP contribution in [0.4, 0.5) is 0 Å². The van der Waals surface area contributed by atoms with E-state index in [2.05, 4.69) is 18.9 Å². The molecule has 0 aliphatic carbocycles. The quantitative estimate of drug-likeness (QED) is 0.835. The van der Waals surface area contributed by atoms with Crippen LogP contribution in [0.25, 0.3) is 0 Å². The van der Waals surface area contributed by atoms with Crippen LogP contribution in [0.3, 0.4) is 0 Å². The minimum Gasteiger partial charge on any atom is -0.508 e. The first-order valence-corrected chi connectivity index (χ1v) is 5.67. The van der Waals surface area contributed by atoms with E-state index in [4.69, 9.17) is 11.6 Å². The molecule has 15 heavy (non-hydrogen) atoms. The Morgan fingerprint density at radius 1 is 1.40 bits per heavy atom. The molecule has 0 aliphatic heterocycles. The molecule has 0 saturated heterocycles. The molecular weight excluding hydrogens is 210 g/mol. The molecule has 84 valence electrons. The van der Waals surface area contributed by atoms with Gasteiger partial charge in [-0.3, -0.25) is 0 Å². The molecule has 1 aromatic rings. The third-order valence-corrected chi connectivity index (χ3v) is 2.61. The van der Waals surface area contributed by atoms with Gasteiger partial charge in [-0.2, -0.15) is 0 Å². The summed E-state index contributed by atoms with van der Waals surface area (Å²) in [5, 5.41) is 10.3. The maximum atomic E-state index is 9.62. The zero-order chi connectivity index (χ0) is 11.3. The highest BCUT2D eigenvalue weighted by Crippen LogP contribution is 2.22. The number of halogens is 1. The molecule has 1 N–H and O–H groups in total. The van der Waals surface area contributed by atoms with Crippen molar-refractivity contribution < 1.29 is 5.11 Å². The largest absolute Gasteiger partial charge is 0.508 e. The lowest BCUT2D eigenvalue weighted by Gasteiger charge is -2.16. The van der Waals surface area contributed by atoms with Crippen molar-refractivity contribution in [3.63, 3.8) is 0 Å². The van der Waals surface area contributed by atoms with Gasteiger partial charge in [0.25, 0.3) is 0 Å². The van der Waals surface area contributed by atoms with Gasteiger partial charge < -0.3 is 10.0 Å². The Morgan fingerprint density at radius 2 is 2.13 bits per heavy atom. The summed E-state index contributed by atoms with van der Waals surface area (Å²) in [7, 11) is 2.05. The Balaban J connectivity index is 2.59. The van der Waals surface area contributed by atoms with Gasteiger partial charge in [-0.15, -0.1) is 0 Å². The number of phenolic OH excluding ortho intramolecular Hbond substituents is 1. The third-order valence-electron chi connectivity index (χ3n) is 2.38. The van der Waals surface area contributed by atoms with Crippen molar-refractivity contribution in [2.45, 2.75) is 26.3 Å². The lowest BCUT2D eigenvalue weighted by Crippen LogP contribution is -2.18. The highest BCUT2D eigenvalue weighted by atomic mass is 35.5. The first kappa shape index (κ1) is 12.3. The monoisotopic (exact) mass is 227 g/mol. The van der Waals surface area contributed by atoms with Gasteiger partial charge in [0.1, 0.15) is 5.75 Å². The first-order valence-electron chi connectivity index (χ1n) is 5.29. The van der Waals surface area contributed by atoms with Gasteiger partial charge in [0.15, 0.2) is 0 Å². The van der Waals surface area contributed by atoms with E-state index < -0.39 is 0 Å². The fraction of sp³-hybridized carbons (Fsp3) is 0.500. The first-order chi connectivity index (χ1) is 7.13. The molecule has 0 atom stereocenters. The Kier molecular flexibility index (Phi) is 4.92. The second kappa shape index (κ2) is 5.99. The summed E-state index contributed by atoms with van der Waals surface area (Å²) >= 11 is 5.87. The molecule has 1 aromatic carbocycles. The van der Waals surface area contributed by atoms with E-state index >= 15 is 0 Å². The van der Waals surface area contributed by atoms with E-state index in [9.17, 15) is 5.11 Å². The molecule has 3 heteroatoms. The summed E-state index contributed by atoms with van der Waals surface area (Å²) in [5.74, 6) is 0.322. The number of aromatic hydroxyl groups is 1. The topological polar surface area (TPSA) is 23.5 Å². The van der Waals surface area contributed by atoms with Gasteiger partial charge in [-0.05, 0) is 38.2 Å². The molecule has 1 rings (SSSR count). The lowest BCUT2D eigenvalue weighted by atomic mass is 10.2. The van der Waals surface area contributed by atoms with Gasteiger partial charge in [-0.1, -0.05) is 24.9 Å². The molecule has 0 saturated carbocycles. The Labute approximate surface area is 96.5 Å². The van der Waals surface area contributed by atoms with Gasteiger partial charge in [-0.25, -0.2) is 0 Å². The Hall–Kier alpha value is -0.730. The average molecular weight is 228 g/mol. The molecule has 0 radical (unpaired) electrons. The second-order valence-corrected chi connectivity index (χ2v) is 4.30. The molecule has 0 aromatic heterocycles. The summed E-state index contributed by atoms with van der Waals surface area (Å²) in [6, 6.07) is 5.16. The van der Waals surface area contributed by atoms with Crippen molar-refractivity contribution in [2.75, 3.05) is 13.6 Å². The van der Waals surface area contributed by atoms with Crippen molar-refractivity contribution in [3.8, 4) is 5.75 Å². The maximum Gasteiger partial charge on any atom is 0.120 e. The molecule has 0 bridgehead atoms. The number of unbranched alkanes of at least 4 members (excludes halogenated alkanes) is 1. The van der Waals surface area contributed by atoms with Crippen LogP contribution in [-0.2, 0) is 6.54 Å². The fourth-order valence-electron chi connectivity index (χ4n) is 1.48. The van der Waals surface area contributed by atoms with Crippen LogP contribution in [0.15, 0.2) is 18.2 Å². The van der Waals surface area contributed by atoms with E-state index in [-0.39, 0.29) is 0 Å². The van der Waals surface area contributed by atoms with E-state index in [1.165, 1.54) is 12.8 Å². The Morgan fingerprint density at radius 3 is 2.80 bits per heavy atom. The summed E-state index contributed by atoms with van der Waals surface area (Å²) in [6.45, 7) is 3.96. The van der Waals surface area contributed by atoms with Crippen LogP contribution in [-0.4, -0.2) is 23.6 Å². The summed E-state index contributed by atoms with van der Waals surface area (Å²) in [5.41, 5.74) is 0.890. The van der Waals surface area contributed by atoms with Crippen LogP contribution < -0.4 is 0 Å². The predicted octanol–water partition coefficient (Wildman–Crippen LogP) is 3.28. The number of phenols is 1. The van der Waals surface area contributed by atoms with Crippen LogP contribution in [0.2, 0.25) is 5.02 Å². The predicted molar refractivity (Wildman–Crippen MR) is 64.4 cm³/mol. The molecule has 0 heterocycles. The van der Waals surface area contributed by atoms with Gasteiger partial charge >= 0.3 is 0 Å². The van der Waals surface area contributed by atoms with E-state index in [0.717, 1.165) is 18.7 Å². The van der Waals surface area contributed by atoms with Crippen molar-refractivity contribution in [2.24, 2.45) is 0 Å². The normalized spacial score (nSPS) is 10.9. The molecule has 0 fully saturated rings. The van der Waals surface area contributed by atoms with Gasteiger partial charge in [0, 0.05) is 17.1 Å². The zero-order valence-electron chi connectivity index (χ0n) is 9.33. The van der Waals surface area contributed by atoms with Crippen LogP contribution in [0.5, 0.6) is 5.75 Å². The van der Waals surface area contributed by atoms with Gasteiger partial charge in [0.05, 0.1) is 0 Å². The lowest BCUT2D eigenvalue weighted by molar-refractivity contribution is 0.314. The standard InChI is InChI=1S/C12H18ClNO/c1-3-4-7-14(2)9-10-8-11(13)5-6-12(10)15/h5-6,8,15H,3-4,7,9H2,1-2H3. The maximum absolute atomic E-state index is 9.62. The van der Waals surface area contributed by atoms with Crippen molar-refractivity contribution in [1.29, 1.82) is 0 Å². The van der Waals surface area contributed by atoms with Crippen molar-refractivity contribution >= 4 is 11.6 Å². The van der Waals surface area contributed by atoms with Crippen molar-refractivity contribution in [3.05, 3.63) is 28.8 Å². The minimum atomic E-state index is 0.322. The number of benzene rings is 1. The fourth-order valence-corrected chi connectivity index (χ4v) is 1.67. The number of nitrogens with zero attached hydrogens (tertiary/aromatic N) is 1. The number of rotatable bonds is 5. The molecule has 0 aliphatic rings. The minimum absolute atomic E-state index is 0.322. The van der Waals surface area contributed by atoms with Crippen molar-refractivity contribution in [1.82, 2.24) is 4.90 Å². The smallest absolute Gasteiger partial charge is 0.120 e. The molecular formula is C12H18ClNO.